The van der Waals surface area contributed by atoms with E-state index in [-0.39, 0.29) is 24.4 Å². The normalized spacial score (nSPS) is 25.5. The molecule has 2 aliphatic rings. The van der Waals surface area contributed by atoms with E-state index in [9.17, 15) is 9.59 Å². The van der Waals surface area contributed by atoms with Gasteiger partial charge in [-0.3, -0.25) is 14.5 Å². The number of carbonyl (C=O) groups excluding carboxylic acids is 2. The van der Waals surface area contributed by atoms with Crippen molar-refractivity contribution in [1.82, 2.24) is 5.32 Å². The summed E-state index contributed by atoms with van der Waals surface area (Å²) in [5.74, 6) is 0.413. The summed E-state index contributed by atoms with van der Waals surface area (Å²) < 4.78 is 0. The van der Waals surface area contributed by atoms with E-state index in [1.54, 1.807) is 4.90 Å². The second kappa shape index (κ2) is 6.71. The highest BCUT2D eigenvalue weighted by molar-refractivity contribution is 6.11. The van der Waals surface area contributed by atoms with E-state index in [1.807, 2.05) is 31.2 Å². The third kappa shape index (κ3) is 3.39. The van der Waals surface area contributed by atoms with Crippen molar-refractivity contribution in [1.29, 1.82) is 0 Å². The smallest absolute Gasteiger partial charge is 0.244 e. The Morgan fingerprint density at radius 1 is 1.30 bits per heavy atom. The molecule has 5 heteroatoms. The third-order valence-electron chi connectivity index (χ3n) is 4.98. The van der Waals surface area contributed by atoms with E-state index in [4.69, 9.17) is 0 Å². The summed E-state index contributed by atoms with van der Waals surface area (Å²) in [7, 11) is 0. The summed E-state index contributed by atoms with van der Waals surface area (Å²) in [5.41, 5.74) is 1.48. The van der Waals surface area contributed by atoms with Gasteiger partial charge in [0.15, 0.2) is 0 Å². The van der Waals surface area contributed by atoms with Gasteiger partial charge < -0.3 is 10.6 Å². The molecular weight excluding hydrogens is 290 g/mol. The number of anilines is 2. The maximum atomic E-state index is 12.9. The Balaban J connectivity index is 1.73. The Kier molecular flexibility index (Phi) is 4.66. The molecule has 0 aromatic heterocycles. The number of para-hydroxylation sites is 2. The van der Waals surface area contributed by atoms with E-state index in [0.29, 0.717) is 17.6 Å². The fourth-order valence-corrected chi connectivity index (χ4v) is 3.62. The summed E-state index contributed by atoms with van der Waals surface area (Å²) in [4.78, 5) is 26.3. The Hall–Kier alpha value is -1.88. The van der Waals surface area contributed by atoms with Crippen molar-refractivity contribution in [2.75, 3.05) is 16.8 Å². The van der Waals surface area contributed by atoms with Crippen LogP contribution in [0.5, 0.6) is 0 Å². The molecule has 0 saturated heterocycles. The minimum atomic E-state index is -0.292. The van der Waals surface area contributed by atoms with Crippen LogP contribution in [0.25, 0.3) is 0 Å². The van der Waals surface area contributed by atoms with E-state index in [0.717, 1.165) is 12.1 Å². The van der Waals surface area contributed by atoms with Crippen molar-refractivity contribution in [2.24, 2.45) is 5.92 Å². The molecule has 23 heavy (non-hydrogen) atoms. The number of carbonyl (C=O) groups is 2. The SMILES string of the molecule is C[C@H](N[C@@H]1CCCC[C@H]1C)C(=O)N1CC(=O)Nc2ccccc21. The van der Waals surface area contributed by atoms with E-state index in [1.165, 1.54) is 19.3 Å². The van der Waals surface area contributed by atoms with Crippen molar-refractivity contribution in [2.45, 2.75) is 51.6 Å². The number of fused-ring (bicyclic) bond motifs is 1. The lowest BCUT2D eigenvalue weighted by Crippen LogP contribution is -2.53. The van der Waals surface area contributed by atoms with Gasteiger partial charge in [-0.1, -0.05) is 31.9 Å². The first-order valence-corrected chi connectivity index (χ1v) is 8.52. The molecule has 5 nitrogen and oxygen atoms in total. The molecule has 0 radical (unpaired) electrons. The molecule has 0 unspecified atom stereocenters. The Labute approximate surface area is 137 Å². The third-order valence-corrected chi connectivity index (χ3v) is 4.98. The van der Waals surface area contributed by atoms with Crippen molar-refractivity contribution < 1.29 is 9.59 Å². The molecular formula is C18H25N3O2. The van der Waals surface area contributed by atoms with Crippen molar-refractivity contribution in [3.05, 3.63) is 24.3 Å². The molecule has 1 saturated carbocycles. The second-order valence-electron chi connectivity index (χ2n) is 6.75. The molecule has 3 rings (SSSR count). The first kappa shape index (κ1) is 16.0. The van der Waals surface area contributed by atoms with Crippen LogP contribution in [0.4, 0.5) is 11.4 Å². The Morgan fingerprint density at radius 3 is 2.83 bits per heavy atom. The van der Waals surface area contributed by atoms with Gasteiger partial charge in [-0.2, -0.15) is 0 Å². The van der Waals surface area contributed by atoms with Gasteiger partial charge >= 0.3 is 0 Å². The van der Waals surface area contributed by atoms with Crippen LogP contribution in [0.2, 0.25) is 0 Å². The van der Waals surface area contributed by atoms with Gasteiger partial charge in [0.2, 0.25) is 11.8 Å². The van der Waals surface area contributed by atoms with Crippen LogP contribution in [0.3, 0.4) is 0 Å². The number of amides is 2. The van der Waals surface area contributed by atoms with Crippen molar-refractivity contribution in [3.8, 4) is 0 Å². The lowest BCUT2D eigenvalue weighted by Gasteiger charge is -2.35. The predicted molar refractivity (Wildman–Crippen MR) is 91.4 cm³/mol. The fraction of sp³-hybridized carbons (Fsp3) is 0.556. The zero-order chi connectivity index (χ0) is 16.4. The highest BCUT2D eigenvalue weighted by Gasteiger charge is 2.31. The number of benzene rings is 1. The fourth-order valence-electron chi connectivity index (χ4n) is 3.62. The van der Waals surface area contributed by atoms with Gasteiger partial charge in [0.25, 0.3) is 0 Å². The van der Waals surface area contributed by atoms with E-state index in [2.05, 4.69) is 17.6 Å². The summed E-state index contributed by atoms with van der Waals surface area (Å²) in [6, 6.07) is 7.54. The van der Waals surface area contributed by atoms with Gasteiger partial charge in [0, 0.05) is 6.04 Å². The largest absolute Gasteiger partial charge is 0.323 e. The topological polar surface area (TPSA) is 61.4 Å². The maximum absolute atomic E-state index is 12.9. The molecule has 1 aromatic rings. The molecule has 1 fully saturated rings. The Bertz CT molecular complexity index is 602. The van der Waals surface area contributed by atoms with Crippen LogP contribution in [-0.4, -0.2) is 30.4 Å². The number of nitrogens with one attached hydrogen (secondary N) is 2. The molecule has 2 N–H and O–H groups in total. The molecule has 124 valence electrons. The number of rotatable bonds is 3. The molecule has 3 atom stereocenters. The molecule has 0 bridgehead atoms. The van der Waals surface area contributed by atoms with Gasteiger partial charge in [0.05, 0.1) is 17.4 Å². The molecule has 1 aliphatic heterocycles. The van der Waals surface area contributed by atoms with Crippen LogP contribution in [0, 0.1) is 5.92 Å². The van der Waals surface area contributed by atoms with Crippen molar-refractivity contribution >= 4 is 23.2 Å². The minimum Gasteiger partial charge on any atom is -0.323 e. The number of nitrogens with zero attached hydrogens (tertiary/aromatic N) is 1. The van der Waals surface area contributed by atoms with Gasteiger partial charge in [-0.05, 0) is 37.8 Å². The minimum absolute atomic E-state index is 0.0370. The van der Waals surface area contributed by atoms with E-state index >= 15 is 0 Å². The number of hydrogen-bond donors (Lipinski definition) is 2. The van der Waals surface area contributed by atoms with Crippen LogP contribution < -0.4 is 15.5 Å². The lowest BCUT2D eigenvalue weighted by molar-refractivity contribution is -0.123. The summed E-state index contributed by atoms with van der Waals surface area (Å²) in [6.45, 7) is 4.23. The average molecular weight is 315 g/mol. The van der Waals surface area contributed by atoms with Crippen LogP contribution in [-0.2, 0) is 9.59 Å². The zero-order valence-corrected chi connectivity index (χ0v) is 13.8. The van der Waals surface area contributed by atoms with Crippen molar-refractivity contribution in [3.63, 3.8) is 0 Å². The van der Waals surface area contributed by atoms with Gasteiger partial charge in [0.1, 0.15) is 6.54 Å². The lowest BCUT2D eigenvalue weighted by atomic mass is 9.85. The quantitative estimate of drug-likeness (QED) is 0.901. The molecule has 1 heterocycles. The first-order chi connectivity index (χ1) is 11.1. The number of hydrogen-bond acceptors (Lipinski definition) is 3. The average Bonchev–Trinajstić information content (AvgIpc) is 2.55. The standard InChI is InChI=1S/C18H25N3O2/c1-12-7-3-4-8-14(12)19-13(2)18(23)21-11-17(22)20-15-9-5-6-10-16(15)21/h5-6,9-10,12-14,19H,3-4,7-8,11H2,1-2H3,(H,20,22)/t12-,13+,14-/m1/s1. The van der Waals surface area contributed by atoms with Crippen LogP contribution >= 0.6 is 0 Å². The summed E-state index contributed by atoms with van der Waals surface area (Å²) in [5, 5.41) is 6.31. The van der Waals surface area contributed by atoms with Crippen LogP contribution in [0.15, 0.2) is 24.3 Å². The summed E-state index contributed by atoms with van der Waals surface area (Å²) in [6.07, 6.45) is 4.84. The highest BCUT2D eigenvalue weighted by atomic mass is 16.2. The van der Waals surface area contributed by atoms with Gasteiger partial charge in [-0.25, -0.2) is 0 Å². The first-order valence-electron chi connectivity index (χ1n) is 8.52. The van der Waals surface area contributed by atoms with Gasteiger partial charge in [-0.15, -0.1) is 0 Å². The van der Waals surface area contributed by atoms with E-state index < -0.39 is 0 Å². The maximum Gasteiger partial charge on any atom is 0.244 e. The molecule has 1 aromatic carbocycles. The predicted octanol–water partition coefficient (Wildman–Crippen LogP) is 2.53. The van der Waals surface area contributed by atoms with Crippen LogP contribution in [0.1, 0.15) is 39.5 Å². The summed E-state index contributed by atoms with van der Waals surface area (Å²) >= 11 is 0. The molecule has 2 amide bonds. The second-order valence-corrected chi connectivity index (χ2v) is 6.75. The highest BCUT2D eigenvalue weighted by Crippen LogP contribution is 2.30. The Morgan fingerprint density at radius 2 is 2.04 bits per heavy atom. The molecule has 0 spiro atoms. The zero-order valence-electron chi connectivity index (χ0n) is 13.8. The molecule has 1 aliphatic carbocycles. The monoisotopic (exact) mass is 315 g/mol.